The molecule has 1 aromatic heterocycles. The Labute approximate surface area is 145 Å². The Morgan fingerprint density at radius 3 is 2.28 bits per heavy atom. The second-order valence-electron chi connectivity index (χ2n) is 6.90. The minimum absolute atomic E-state index is 0.00303. The molecule has 0 aliphatic rings. The van der Waals surface area contributed by atoms with Crippen molar-refractivity contribution in [3.8, 4) is 11.4 Å². The number of nitrogens with zero attached hydrogens (tertiary/aromatic N) is 4. The first kappa shape index (κ1) is 17.0. The van der Waals surface area contributed by atoms with Gasteiger partial charge in [0.2, 0.25) is 5.82 Å². The molecule has 0 atom stereocenters. The molecule has 3 aromatic rings. The first-order chi connectivity index (χ1) is 11.8. The molecule has 0 saturated heterocycles. The van der Waals surface area contributed by atoms with Crippen LogP contribution in [0.2, 0.25) is 0 Å². The highest BCUT2D eigenvalue weighted by Gasteiger charge is 2.15. The summed E-state index contributed by atoms with van der Waals surface area (Å²) in [7, 11) is 0. The maximum absolute atomic E-state index is 13.0. The van der Waals surface area contributed by atoms with Gasteiger partial charge in [-0.15, -0.1) is 10.2 Å². The molecule has 1 heterocycles. The van der Waals surface area contributed by atoms with Gasteiger partial charge in [-0.1, -0.05) is 45.0 Å². The molecule has 0 aliphatic carbocycles. The highest BCUT2D eigenvalue weighted by molar-refractivity contribution is 5.95. The van der Waals surface area contributed by atoms with Gasteiger partial charge in [0.15, 0.2) is 5.78 Å². The Balaban J connectivity index is 1.72. The monoisotopic (exact) mass is 338 g/mol. The summed E-state index contributed by atoms with van der Waals surface area (Å²) in [5, 5.41) is 12.0. The van der Waals surface area contributed by atoms with Gasteiger partial charge in [0.05, 0.1) is 0 Å². The Hall–Kier alpha value is -2.89. The van der Waals surface area contributed by atoms with Gasteiger partial charge in [0, 0.05) is 11.1 Å². The van der Waals surface area contributed by atoms with E-state index in [0.29, 0.717) is 17.0 Å². The molecule has 0 radical (unpaired) electrons. The minimum Gasteiger partial charge on any atom is -0.292 e. The van der Waals surface area contributed by atoms with Gasteiger partial charge in [-0.2, -0.15) is 4.80 Å². The number of carbonyl (C=O) groups is 1. The zero-order valence-electron chi connectivity index (χ0n) is 14.4. The summed E-state index contributed by atoms with van der Waals surface area (Å²) in [5.74, 6) is -0.0654. The lowest BCUT2D eigenvalue weighted by molar-refractivity contribution is 0.0961. The van der Waals surface area contributed by atoms with Crippen LogP contribution in [0, 0.1) is 5.82 Å². The maximum atomic E-state index is 13.0. The van der Waals surface area contributed by atoms with Crippen LogP contribution in [0.4, 0.5) is 4.39 Å². The molecular formula is C19H19FN4O. The van der Waals surface area contributed by atoms with Crippen LogP contribution in [0.15, 0.2) is 48.5 Å². The summed E-state index contributed by atoms with van der Waals surface area (Å²) >= 11 is 0. The fourth-order valence-corrected chi connectivity index (χ4v) is 2.40. The average Bonchev–Trinajstić information content (AvgIpc) is 3.03. The first-order valence-electron chi connectivity index (χ1n) is 8.00. The number of aromatic nitrogens is 4. The third-order valence-corrected chi connectivity index (χ3v) is 3.91. The van der Waals surface area contributed by atoms with Crippen LogP contribution in [0.1, 0.15) is 36.7 Å². The molecule has 128 valence electrons. The van der Waals surface area contributed by atoms with Crippen LogP contribution < -0.4 is 0 Å². The van der Waals surface area contributed by atoms with Crippen molar-refractivity contribution >= 4 is 5.78 Å². The number of halogens is 1. The van der Waals surface area contributed by atoms with Crippen LogP contribution in [0.25, 0.3) is 11.4 Å². The van der Waals surface area contributed by atoms with E-state index in [0.717, 1.165) is 0 Å². The van der Waals surface area contributed by atoms with Gasteiger partial charge in [-0.25, -0.2) is 4.39 Å². The molecule has 5 nitrogen and oxygen atoms in total. The molecular weight excluding hydrogens is 319 g/mol. The SMILES string of the molecule is CC(C)(C)c1ccc(C(=O)Cn2nnc(-c3ccc(F)cc3)n2)cc1. The molecule has 0 saturated carbocycles. The molecule has 0 aliphatic heterocycles. The number of rotatable bonds is 4. The van der Waals surface area contributed by atoms with Crippen LogP contribution >= 0.6 is 0 Å². The summed E-state index contributed by atoms with van der Waals surface area (Å²) in [4.78, 5) is 13.6. The van der Waals surface area contributed by atoms with E-state index in [1.54, 1.807) is 12.1 Å². The summed E-state index contributed by atoms with van der Waals surface area (Å²) in [5.41, 5.74) is 2.46. The van der Waals surface area contributed by atoms with Gasteiger partial charge in [-0.3, -0.25) is 4.79 Å². The largest absolute Gasteiger partial charge is 0.292 e. The highest BCUT2D eigenvalue weighted by atomic mass is 19.1. The Kier molecular flexibility index (Phi) is 4.44. The molecule has 0 amide bonds. The second kappa shape index (κ2) is 6.55. The zero-order chi connectivity index (χ0) is 18.0. The van der Waals surface area contributed by atoms with Gasteiger partial charge >= 0.3 is 0 Å². The number of Topliss-reactive ketones (excluding diaryl/α,β-unsaturated/α-hetero) is 1. The number of hydrogen-bond acceptors (Lipinski definition) is 4. The summed E-state index contributed by atoms with van der Waals surface area (Å²) in [6.07, 6.45) is 0. The zero-order valence-corrected chi connectivity index (χ0v) is 14.4. The van der Waals surface area contributed by atoms with Crippen LogP contribution in [0.3, 0.4) is 0 Å². The molecule has 0 unspecified atom stereocenters. The van der Waals surface area contributed by atoms with E-state index < -0.39 is 0 Å². The van der Waals surface area contributed by atoms with Crippen molar-refractivity contribution in [2.45, 2.75) is 32.7 Å². The van der Waals surface area contributed by atoms with Crippen LogP contribution in [-0.2, 0) is 12.0 Å². The number of benzene rings is 2. The number of carbonyl (C=O) groups excluding carboxylic acids is 1. The molecule has 0 bridgehead atoms. The Morgan fingerprint density at radius 2 is 1.68 bits per heavy atom. The maximum Gasteiger partial charge on any atom is 0.204 e. The number of tetrazole rings is 1. The van der Waals surface area contributed by atoms with E-state index in [-0.39, 0.29) is 23.6 Å². The molecule has 6 heteroatoms. The van der Waals surface area contributed by atoms with Crippen molar-refractivity contribution in [1.29, 1.82) is 0 Å². The van der Waals surface area contributed by atoms with Crippen molar-refractivity contribution in [3.05, 3.63) is 65.5 Å². The third kappa shape index (κ3) is 3.96. The summed E-state index contributed by atoms with van der Waals surface area (Å²) in [6, 6.07) is 13.4. The summed E-state index contributed by atoms with van der Waals surface area (Å²) < 4.78 is 13.0. The Morgan fingerprint density at radius 1 is 1.04 bits per heavy atom. The van der Waals surface area contributed by atoms with Gasteiger partial charge in [0.25, 0.3) is 0 Å². The third-order valence-electron chi connectivity index (χ3n) is 3.91. The fourth-order valence-electron chi connectivity index (χ4n) is 2.40. The van der Waals surface area contributed by atoms with E-state index in [2.05, 4.69) is 36.2 Å². The van der Waals surface area contributed by atoms with Crippen molar-refractivity contribution in [1.82, 2.24) is 20.2 Å². The van der Waals surface area contributed by atoms with E-state index in [9.17, 15) is 9.18 Å². The van der Waals surface area contributed by atoms with E-state index in [1.807, 2.05) is 24.3 Å². The molecule has 2 aromatic carbocycles. The molecule has 3 rings (SSSR count). The lowest BCUT2D eigenvalue weighted by Crippen LogP contribution is -2.14. The minimum atomic E-state index is -0.329. The van der Waals surface area contributed by atoms with Gasteiger partial charge in [-0.05, 0) is 40.5 Å². The second-order valence-corrected chi connectivity index (χ2v) is 6.90. The number of ketones is 1. The standard InChI is InChI=1S/C19H19FN4O/c1-19(2,3)15-8-4-13(5-9-15)17(25)12-24-22-18(21-23-24)14-6-10-16(20)11-7-14/h4-11H,12H2,1-3H3. The molecule has 25 heavy (non-hydrogen) atoms. The first-order valence-corrected chi connectivity index (χ1v) is 8.00. The Bertz CT molecular complexity index is 877. The van der Waals surface area contributed by atoms with Crippen LogP contribution in [-0.4, -0.2) is 26.0 Å². The average molecular weight is 338 g/mol. The van der Waals surface area contributed by atoms with Crippen molar-refractivity contribution in [3.63, 3.8) is 0 Å². The van der Waals surface area contributed by atoms with Crippen molar-refractivity contribution < 1.29 is 9.18 Å². The smallest absolute Gasteiger partial charge is 0.204 e. The molecule has 0 fully saturated rings. The lowest BCUT2D eigenvalue weighted by Gasteiger charge is -2.18. The normalized spacial score (nSPS) is 11.5. The van der Waals surface area contributed by atoms with E-state index in [4.69, 9.17) is 0 Å². The quantitative estimate of drug-likeness (QED) is 0.681. The van der Waals surface area contributed by atoms with Gasteiger partial charge in [0.1, 0.15) is 12.4 Å². The highest BCUT2D eigenvalue weighted by Crippen LogP contribution is 2.22. The lowest BCUT2D eigenvalue weighted by atomic mass is 9.86. The molecule has 0 spiro atoms. The van der Waals surface area contributed by atoms with Crippen molar-refractivity contribution in [2.24, 2.45) is 0 Å². The topological polar surface area (TPSA) is 60.7 Å². The summed E-state index contributed by atoms with van der Waals surface area (Å²) in [6.45, 7) is 6.38. The van der Waals surface area contributed by atoms with Gasteiger partial charge < -0.3 is 0 Å². The van der Waals surface area contributed by atoms with Crippen LogP contribution in [0.5, 0.6) is 0 Å². The predicted octanol–water partition coefficient (Wildman–Crippen LogP) is 3.66. The predicted molar refractivity (Wildman–Crippen MR) is 92.7 cm³/mol. The van der Waals surface area contributed by atoms with E-state index in [1.165, 1.54) is 22.5 Å². The fraction of sp³-hybridized carbons (Fsp3) is 0.263. The van der Waals surface area contributed by atoms with Crippen molar-refractivity contribution in [2.75, 3.05) is 0 Å². The number of hydrogen-bond donors (Lipinski definition) is 0. The molecule has 0 N–H and O–H groups in total. The van der Waals surface area contributed by atoms with E-state index >= 15 is 0 Å².